The molecule has 2 amide bonds. The molecule has 3 aromatic rings. The molecule has 0 aliphatic carbocycles. The third-order valence-electron chi connectivity index (χ3n) is 4.32. The van der Waals surface area contributed by atoms with E-state index in [0.717, 1.165) is 29.4 Å². The van der Waals surface area contributed by atoms with Crippen molar-refractivity contribution in [3.63, 3.8) is 0 Å². The molecule has 2 heterocycles. The van der Waals surface area contributed by atoms with E-state index in [-0.39, 0.29) is 16.7 Å². The molecule has 10 nitrogen and oxygen atoms in total. The molecule has 13 heteroatoms. The van der Waals surface area contributed by atoms with E-state index in [4.69, 9.17) is 10.5 Å². The Morgan fingerprint density at radius 2 is 1.80 bits per heavy atom. The Morgan fingerprint density at radius 1 is 1.11 bits per heavy atom. The van der Waals surface area contributed by atoms with E-state index in [0.29, 0.717) is 27.3 Å². The van der Waals surface area contributed by atoms with Crippen molar-refractivity contribution in [2.75, 3.05) is 23.5 Å². The van der Waals surface area contributed by atoms with Gasteiger partial charge in [0.2, 0.25) is 0 Å². The van der Waals surface area contributed by atoms with Gasteiger partial charge in [-0.25, -0.2) is 18.4 Å². The second-order valence-corrected chi connectivity index (χ2v) is 12.3. The first-order chi connectivity index (χ1) is 16.5. The number of hydrogen-bond acceptors (Lipinski definition) is 10. The number of amides is 2. The Bertz CT molecular complexity index is 1300. The Balaban J connectivity index is 1.78. The minimum Gasteiger partial charge on any atom is -0.491 e. The fourth-order valence-electron chi connectivity index (χ4n) is 2.61. The molecule has 0 spiro atoms. The highest BCUT2D eigenvalue weighted by atomic mass is 32.2. The molecule has 1 aromatic carbocycles. The van der Waals surface area contributed by atoms with E-state index in [1.807, 2.05) is 13.8 Å². The maximum absolute atomic E-state index is 12.6. The molecule has 1 atom stereocenters. The lowest BCUT2D eigenvalue weighted by atomic mass is 10.2. The van der Waals surface area contributed by atoms with Crippen LogP contribution >= 0.6 is 23.1 Å². The zero-order valence-electron chi connectivity index (χ0n) is 19.2. The molecule has 186 valence electrons. The van der Waals surface area contributed by atoms with Crippen LogP contribution in [0.25, 0.3) is 0 Å². The number of nitrogens with two attached hydrogens (primary N) is 1. The average molecular weight is 536 g/mol. The van der Waals surface area contributed by atoms with Crippen molar-refractivity contribution in [2.45, 2.75) is 28.5 Å². The molecule has 0 bridgehead atoms. The van der Waals surface area contributed by atoms with Crippen LogP contribution < -0.4 is 21.1 Å². The van der Waals surface area contributed by atoms with Gasteiger partial charge in [0, 0.05) is 12.5 Å². The summed E-state index contributed by atoms with van der Waals surface area (Å²) >= 11 is 2.16. The van der Waals surface area contributed by atoms with Crippen LogP contribution in [0.15, 0.2) is 57.9 Å². The molecule has 3 rings (SSSR count). The summed E-state index contributed by atoms with van der Waals surface area (Å²) in [4.78, 5) is 33.5. The van der Waals surface area contributed by atoms with Gasteiger partial charge in [-0.1, -0.05) is 55.1 Å². The number of nitrogens with one attached hydrogen (secondary N) is 2. The molecule has 0 fully saturated rings. The summed E-state index contributed by atoms with van der Waals surface area (Å²) in [6, 6.07) is 12.0. The highest BCUT2D eigenvalue weighted by molar-refractivity contribution is 8.01. The fourth-order valence-corrected chi connectivity index (χ4v) is 5.47. The van der Waals surface area contributed by atoms with Crippen LogP contribution in [0.4, 0.5) is 10.8 Å². The first-order valence-electron chi connectivity index (χ1n) is 10.4. The van der Waals surface area contributed by atoms with Gasteiger partial charge in [-0.15, -0.1) is 0 Å². The van der Waals surface area contributed by atoms with Gasteiger partial charge in [-0.2, -0.15) is 0 Å². The van der Waals surface area contributed by atoms with Crippen molar-refractivity contribution in [3.05, 3.63) is 54.4 Å². The summed E-state index contributed by atoms with van der Waals surface area (Å²) < 4.78 is 30.2. The van der Waals surface area contributed by atoms with Gasteiger partial charge in [0.05, 0.1) is 16.5 Å². The normalized spacial score (nSPS) is 12.3. The Kier molecular flexibility index (Phi) is 8.83. The van der Waals surface area contributed by atoms with Crippen LogP contribution in [0.3, 0.4) is 0 Å². The summed E-state index contributed by atoms with van der Waals surface area (Å²) in [5.74, 6) is -1.20. The average Bonchev–Trinajstić information content (AvgIpc) is 3.19. The molecular weight excluding hydrogens is 510 g/mol. The van der Waals surface area contributed by atoms with Crippen molar-refractivity contribution in [1.82, 2.24) is 9.97 Å². The largest absolute Gasteiger partial charge is 0.491 e. The zero-order chi connectivity index (χ0) is 25.6. The van der Waals surface area contributed by atoms with Crippen LogP contribution in [-0.2, 0) is 19.4 Å². The van der Waals surface area contributed by atoms with Gasteiger partial charge in [-0.3, -0.25) is 14.9 Å². The van der Waals surface area contributed by atoms with E-state index in [1.54, 1.807) is 48.7 Å². The summed E-state index contributed by atoms with van der Waals surface area (Å²) in [7, 11) is -3.68. The molecule has 35 heavy (non-hydrogen) atoms. The number of benzene rings is 1. The maximum atomic E-state index is 12.6. The molecule has 0 aliphatic rings. The minimum absolute atomic E-state index is 0.0297. The number of sulfone groups is 1. The number of carbonyl (C=O) groups excluding carboxylic acids is 2. The van der Waals surface area contributed by atoms with Crippen LogP contribution in [0.1, 0.15) is 24.9 Å². The first-order valence-corrected chi connectivity index (χ1v) is 14.0. The predicted octanol–water partition coefficient (Wildman–Crippen LogP) is 3.30. The van der Waals surface area contributed by atoms with Gasteiger partial charge in [0.1, 0.15) is 16.5 Å². The van der Waals surface area contributed by atoms with Gasteiger partial charge < -0.3 is 15.8 Å². The molecule has 0 radical (unpaired) electrons. The topological polar surface area (TPSA) is 153 Å². The van der Waals surface area contributed by atoms with E-state index >= 15 is 0 Å². The van der Waals surface area contributed by atoms with Crippen LogP contribution in [0.5, 0.6) is 5.75 Å². The van der Waals surface area contributed by atoms with E-state index in [2.05, 4.69) is 20.6 Å². The van der Waals surface area contributed by atoms with Gasteiger partial charge in [-0.05, 0) is 30.2 Å². The Hall–Kier alpha value is -3.00. The van der Waals surface area contributed by atoms with Crippen molar-refractivity contribution in [3.8, 4) is 5.75 Å². The quantitative estimate of drug-likeness (QED) is 0.350. The lowest BCUT2D eigenvalue weighted by Crippen LogP contribution is -2.29. The maximum Gasteiger partial charge on any atom is 0.315 e. The number of hydrogen-bond donors (Lipinski definition) is 3. The summed E-state index contributed by atoms with van der Waals surface area (Å²) in [6.45, 7) is 4.43. The van der Waals surface area contributed by atoms with E-state index < -0.39 is 27.0 Å². The highest BCUT2D eigenvalue weighted by Gasteiger charge is 2.27. The number of para-hydroxylation sites is 2. The van der Waals surface area contributed by atoms with Gasteiger partial charge in [0.15, 0.2) is 20.3 Å². The minimum atomic E-state index is -3.68. The lowest BCUT2D eigenvalue weighted by molar-refractivity contribution is -0.133. The van der Waals surface area contributed by atoms with Crippen molar-refractivity contribution >= 4 is 55.6 Å². The summed E-state index contributed by atoms with van der Waals surface area (Å²) in [5, 5.41) is 4.15. The standard InChI is InChI=1S/C22H25N5O5S3/c1-13(2)12-32-15-9-5-4-8-14(15)25-19(28)20(29)27-22-26-17(18(23)35(3,30)31)21(34-22)33-16-10-6-7-11-24-16/h4-11,13,18H,12,23H2,1-3H3,(H,25,28)(H,26,27,29). The number of pyridine rings is 1. The second kappa shape index (κ2) is 11.6. The lowest BCUT2D eigenvalue weighted by Gasteiger charge is -2.13. The first kappa shape index (κ1) is 26.6. The number of anilines is 2. The Labute approximate surface area is 211 Å². The van der Waals surface area contributed by atoms with Gasteiger partial charge in [0.25, 0.3) is 0 Å². The predicted molar refractivity (Wildman–Crippen MR) is 136 cm³/mol. The Morgan fingerprint density at radius 3 is 2.46 bits per heavy atom. The second-order valence-electron chi connectivity index (χ2n) is 7.82. The molecule has 0 aliphatic heterocycles. The third kappa shape index (κ3) is 7.49. The number of nitrogens with zero attached hydrogens (tertiary/aromatic N) is 2. The molecule has 0 saturated heterocycles. The van der Waals surface area contributed by atoms with Crippen LogP contribution in [0, 0.1) is 5.92 Å². The molecule has 1 unspecified atom stereocenters. The highest BCUT2D eigenvalue weighted by Crippen LogP contribution is 2.39. The molecule has 4 N–H and O–H groups in total. The monoisotopic (exact) mass is 535 g/mol. The number of carbonyl (C=O) groups is 2. The fraction of sp³-hybridized carbons (Fsp3) is 0.273. The van der Waals surface area contributed by atoms with Crippen LogP contribution in [0.2, 0.25) is 0 Å². The van der Waals surface area contributed by atoms with Crippen molar-refractivity contribution < 1.29 is 22.7 Å². The molecular formula is C22H25N5O5S3. The number of aromatic nitrogens is 2. The smallest absolute Gasteiger partial charge is 0.315 e. The van der Waals surface area contributed by atoms with Crippen molar-refractivity contribution in [2.24, 2.45) is 11.7 Å². The number of ether oxygens (including phenoxy) is 1. The molecule has 2 aromatic heterocycles. The van der Waals surface area contributed by atoms with E-state index in [9.17, 15) is 18.0 Å². The summed E-state index contributed by atoms with van der Waals surface area (Å²) in [5.41, 5.74) is 6.33. The number of rotatable bonds is 9. The van der Waals surface area contributed by atoms with Crippen molar-refractivity contribution in [1.29, 1.82) is 0 Å². The van der Waals surface area contributed by atoms with Crippen LogP contribution in [-0.4, -0.2) is 43.1 Å². The number of thiazole rings is 1. The SMILES string of the molecule is CC(C)COc1ccccc1NC(=O)C(=O)Nc1nc(C(N)S(C)(=O)=O)c(Sc2ccccn2)s1. The zero-order valence-corrected chi connectivity index (χ0v) is 21.7. The third-order valence-corrected chi connectivity index (χ3v) is 7.59. The van der Waals surface area contributed by atoms with Gasteiger partial charge >= 0.3 is 11.8 Å². The van der Waals surface area contributed by atoms with E-state index in [1.165, 1.54) is 0 Å². The summed E-state index contributed by atoms with van der Waals surface area (Å²) in [6.07, 6.45) is 2.59. The molecule has 0 saturated carbocycles.